The molecule has 0 unspecified atom stereocenters. The number of halogens is 1. The summed E-state index contributed by atoms with van der Waals surface area (Å²) in [6.07, 6.45) is 3.27. The highest BCUT2D eigenvalue weighted by Gasteiger charge is 2.18. The highest BCUT2D eigenvalue weighted by Crippen LogP contribution is 2.34. The van der Waals surface area contributed by atoms with E-state index >= 15 is 0 Å². The minimum atomic E-state index is -0.253. The van der Waals surface area contributed by atoms with Gasteiger partial charge in [0.1, 0.15) is 5.82 Å². The fraction of sp³-hybridized carbons (Fsp3) is 0.250. The molecule has 3 heteroatoms. The van der Waals surface area contributed by atoms with Crippen molar-refractivity contribution in [2.24, 2.45) is 0 Å². The number of hydrogen-bond donors (Lipinski definition) is 1. The molecule has 0 fully saturated rings. The van der Waals surface area contributed by atoms with E-state index in [1.807, 2.05) is 12.1 Å². The zero-order valence-corrected chi connectivity index (χ0v) is 10.8. The predicted octanol–water partition coefficient (Wildman–Crippen LogP) is 3.88. The third kappa shape index (κ3) is 2.28. The van der Waals surface area contributed by atoms with Crippen LogP contribution in [-0.4, -0.2) is 6.54 Å². The van der Waals surface area contributed by atoms with Gasteiger partial charge in [0.2, 0.25) is 0 Å². The minimum absolute atomic E-state index is 0.253. The highest BCUT2D eigenvalue weighted by atomic mass is 19.1. The number of nitrogens with zero attached hydrogens (tertiary/aromatic N) is 1. The lowest BCUT2D eigenvalue weighted by atomic mass is 10.1. The van der Waals surface area contributed by atoms with Crippen LogP contribution in [0.5, 0.6) is 0 Å². The van der Waals surface area contributed by atoms with Crippen molar-refractivity contribution >= 4 is 17.1 Å². The molecule has 1 heterocycles. The molecule has 0 radical (unpaired) electrons. The molecule has 2 aromatic rings. The Labute approximate surface area is 112 Å². The molecule has 19 heavy (non-hydrogen) atoms. The molecule has 2 aromatic carbocycles. The minimum Gasteiger partial charge on any atom is -0.399 e. The van der Waals surface area contributed by atoms with E-state index in [1.165, 1.54) is 11.6 Å². The smallest absolute Gasteiger partial charge is 0.148 e. The van der Waals surface area contributed by atoms with E-state index in [9.17, 15) is 4.39 Å². The largest absolute Gasteiger partial charge is 0.399 e. The molecular weight excluding hydrogens is 239 g/mol. The average molecular weight is 256 g/mol. The van der Waals surface area contributed by atoms with Crippen molar-refractivity contribution in [2.75, 3.05) is 17.2 Å². The van der Waals surface area contributed by atoms with E-state index in [2.05, 4.69) is 17.0 Å². The highest BCUT2D eigenvalue weighted by molar-refractivity contribution is 5.68. The van der Waals surface area contributed by atoms with Gasteiger partial charge in [-0.15, -0.1) is 0 Å². The maximum atomic E-state index is 14.1. The van der Waals surface area contributed by atoms with Gasteiger partial charge < -0.3 is 10.6 Å². The summed E-state index contributed by atoms with van der Waals surface area (Å²) in [7, 11) is 0. The summed E-state index contributed by atoms with van der Waals surface area (Å²) in [6, 6.07) is 13.2. The zero-order valence-electron chi connectivity index (χ0n) is 10.8. The topological polar surface area (TPSA) is 29.3 Å². The fourth-order valence-corrected chi connectivity index (χ4v) is 2.68. The van der Waals surface area contributed by atoms with Crippen molar-refractivity contribution in [1.29, 1.82) is 0 Å². The second kappa shape index (κ2) is 4.92. The van der Waals surface area contributed by atoms with Gasteiger partial charge in [0.25, 0.3) is 0 Å². The lowest BCUT2D eigenvalue weighted by Crippen LogP contribution is -2.19. The molecular formula is C16H17FN2. The van der Waals surface area contributed by atoms with E-state index in [-0.39, 0.29) is 5.82 Å². The molecule has 0 aliphatic carbocycles. The first-order valence-electron chi connectivity index (χ1n) is 6.66. The van der Waals surface area contributed by atoms with Gasteiger partial charge in [-0.3, -0.25) is 0 Å². The van der Waals surface area contributed by atoms with Crippen molar-refractivity contribution in [1.82, 2.24) is 0 Å². The molecule has 98 valence electrons. The maximum absolute atomic E-state index is 14.1. The van der Waals surface area contributed by atoms with Gasteiger partial charge >= 0.3 is 0 Å². The van der Waals surface area contributed by atoms with Gasteiger partial charge in [-0.2, -0.15) is 0 Å². The summed E-state index contributed by atoms with van der Waals surface area (Å²) >= 11 is 0. The number of nitrogen functional groups attached to an aromatic ring is 1. The number of fused-ring (bicyclic) bond motifs is 1. The van der Waals surface area contributed by atoms with Crippen LogP contribution >= 0.6 is 0 Å². The zero-order chi connectivity index (χ0) is 13.2. The second-order valence-corrected chi connectivity index (χ2v) is 4.95. The van der Waals surface area contributed by atoms with Crippen LogP contribution in [0.4, 0.5) is 21.5 Å². The first-order chi connectivity index (χ1) is 9.25. The Hall–Kier alpha value is -2.03. The van der Waals surface area contributed by atoms with Crippen LogP contribution < -0.4 is 10.6 Å². The Balaban J connectivity index is 2.09. The average Bonchev–Trinajstić information content (AvgIpc) is 2.61. The van der Waals surface area contributed by atoms with Crippen LogP contribution in [0.1, 0.15) is 18.4 Å². The Kier molecular flexibility index (Phi) is 3.11. The molecule has 0 aromatic heterocycles. The van der Waals surface area contributed by atoms with Crippen molar-refractivity contribution in [3.05, 3.63) is 53.8 Å². The van der Waals surface area contributed by atoms with Gasteiger partial charge in [0.15, 0.2) is 0 Å². The Morgan fingerprint density at radius 2 is 1.84 bits per heavy atom. The monoisotopic (exact) mass is 256 g/mol. The molecule has 0 saturated carbocycles. The van der Waals surface area contributed by atoms with Gasteiger partial charge in [-0.25, -0.2) is 4.39 Å². The van der Waals surface area contributed by atoms with Crippen molar-refractivity contribution in [3.8, 4) is 0 Å². The van der Waals surface area contributed by atoms with Crippen LogP contribution in [0.2, 0.25) is 0 Å². The first kappa shape index (κ1) is 12.0. The normalized spacial score (nSPS) is 14.9. The number of para-hydroxylation sites is 1. The molecule has 2 N–H and O–H groups in total. The first-order valence-corrected chi connectivity index (χ1v) is 6.66. The maximum Gasteiger partial charge on any atom is 0.148 e. The molecule has 1 aliphatic heterocycles. The SMILES string of the molecule is Nc1ccc(N2CCCCc3ccccc32)c(F)c1. The molecule has 0 saturated heterocycles. The molecule has 0 spiro atoms. The third-order valence-corrected chi connectivity index (χ3v) is 3.62. The van der Waals surface area contributed by atoms with Crippen LogP contribution in [0.3, 0.4) is 0 Å². The molecule has 2 nitrogen and oxygen atoms in total. The van der Waals surface area contributed by atoms with Crippen molar-refractivity contribution in [2.45, 2.75) is 19.3 Å². The summed E-state index contributed by atoms with van der Waals surface area (Å²) in [5.41, 5.74) is 9.10. The van der Waals surface area contributed by atoms with E-state index < -0.39 is 0 Å². The standard InChI is InChI=1S/C16H17FN2/c17-14-11-13(18)8-9-16(14)19-10-4-3-6-12-5-1-2-7-15(12)19/h1-2,5,7-9,11H,3-4,6,10,18H2. The van der Waals surface area contributed by atoms with Crippen LogP contribution in [0.25, 0.3) is 0 Å². The number of rotatable bonds is 1. The summed E-state index contributed by atoms with van der Waals surface area (Å²) in [6.45, 7) is 0.845. The second-order valence-electron chi connectivity index (χ2n) is 4.95. The Morgan fingerprint density at radius 1 is 1.00 bits per heavy atom. The lowest BCUT2D eigenvalue weighted by Gasteiger charge is -2.25. The number of aryl methyl sites for hydroxylation is 1. The number of nitrogens with two attached hydrogens (primary N) is 1. The molecule has 0 bridgehead atoms. The fourth-order valence-electron chi connectivity index (χ4n) is 2.68. The van der Waals surface area contributed by atoms with Crippen LogP contribution in [0, 0.1) is 5.82 Å². The summed E-state index contributed by atoms with van der Waals surface area (Å²) in [4.78, 5) is 2.07. The van der Waals surface area contributed by atoms with Gasteiger partial charge in [0, 0.05) is 17.9 Å². The Morgan fingerprint density at radius 3 is 2.68 bits per heavy atom. The van der Waals surface area contributed by atoms with Gasteiger partial charge in [-0.1, -0.05) is 18.2 Å². The number of benzene rings is 2. The number of anilines is 3. The quantitative estimate of drug-likeness (QED) is 0.784. The molecule has 0 amide bonds. The summed E-state index contributed by atoms with van der Waals surface area (Å²) in [5, 5.41) is 0. The van der Waals surface area contributed by atoms with Crippen molar-refractivity contribution in [3.63, 3.8) is 0 Å². The van der Waals surface area contributed by atoms with Crippen molar-refractivity contribution < 1.29 is 4.39 Å². The summed E-state index contributed by atoms with van der Waals surface area (Å²) < 4.78 is 14.1. The third-order valence-electron chi connectivity index (χ3n) is 3.62. The lowest BCUT2D eigenvalue weighted by molar-refractivity contribution is 0.624. The van der Waals surface area contributed by atoms with E-state index in [1.54, 1.807) is 12.1 Å². The number of hydrogen-bond acceptors (Lipinski definition) is 2. The van der Waals surface area contributed by atoms with Gasteiger partial charge in [-0.05, 0) is 49.1 Å². The van der Waals surface area contributed by atoms with E-state index in [4.69, 9.17) is 5.73 Å². The van der Waals surface area contributed by atoms with E-state index in [0.717, 1.165) is 31.5 Å². The van der Waals surface area contributed by atoms with Crippen LogP contribution in [-0.2, 0) is 6.42 Å². The molecule has 1 aliphatic rings. The Bertz CT molecular complexity index is 595. The predicted molar refractivity (Wildman–Crippen MR) is 77.2 cm³/mol. The van der Waals surface area contributed by atoms with Gasteiger partial charge in [0.05, 0.1) is 5.69 Å². The van der Waals surface area contributed by atoms with E-state index in [0.29, 0.717) is 11.4 Å². The summed E-state index contributed by atoms with van der Waals surface area (Å²) in [5.74, 6) is -0.253. The van der Waals surface area contributed by atoms with Crippen LogP contribution in [0.15, 0.2) is 42.5 Å². The molecule has 0 atom stereocenters. The molecule has 3 rings (SSSR count).